The second-order valence-corrected chi connectivity index (χ2v) is 4.14. The van der Waals surface area contributed by atoms with Gasteiger partial charge in [-0.3, -0.25) is 10.1 Å². The molecule has 3 atom stereocenters. The molecule has 90 valence electrons. The molecule has 0 aromatic heterocycles. The third-order valence-electron chi connectivity index (χ3n) is 2.64. The van der Waals surface area contributed by atoms with Gasteiger partial charge in [-0.15, -0.1) is 0 Å². The minimum absolute atomic E-state index is 0.0657. The molecule has 0 heterocycles. The normalized spacial score (nSPS) is 17.3. The number of esters is 1. The summed E-state index contributed by atoms with van der Waals surface area (Å²) < 4.78 is 9.94. The van der Waals surface area contributed by atoms with Gasteiger partial charge in [0.05, 0.1) is 13.2 Å². The fraction of sp³-hybridized carbons (Fsp3) is 0.909. The van der Waals surface area contributed by atoms with Gasteiger partial charge in [0.25, 0.3) is 0 Å². The van der Waals surface area contributed by atoms with E-state index < -0.39 is 0 Å². The number of methoxy groups -OCH3 is 2. The Morgan fingerprint density at radius 1 is 1.13 bits per heavy atom. The van der Waals surface area contributed by atoms with Crippen LogP contribution in [-0.4, -0.2) is 38.4 Å². The number of hydrogen-bond acceptors (Lipinski definition) is 4. The molecule has 0 saturated heterocycles. The smallest absolute Gasteiger partial charge is 0.323 e. The van der Waals surface area contributed by atoms with Crippen LogP contribution in [0, 0.1) is 5.92 Å². The van der Waals surface area contributed by atoms with E-state index in [1.165, 1.54) is 7.11 Å². The predicted octanol–water partition coefficient (Wildman–Crippen LogP) is 1.20. The van der Waals surface area contributed by atoms with Gasteiger partial charge < -0.3 is 9.47 Å². The van der Waals surface area contributed by atoms with Gasteiger partial charge in [-0.05, 0) is 19.8 Å². The van der Waals surface area contributed by atoms with Crippen LogP contribution >= 0.6 is 0 Å². The number of hydrogen-bond donors (Lipinski definition) is 1. The Labute approximate surface area is 92.3 Å². The predicted molar refractivity (Wildman–Crippen MR) is 59.7 cm³/mol. The van der Waals surface area contributed by atoms with Crippen LogP contribution in [0.3, 0.4) is 0 Å². The highest BCUT2D eigenvalue weighted by molar-refractivity contribution is 5.75. The van der Waals surface area contributed by atoms with E-state index in [2.05, 4.69) is 5.32 Å². The topological polar surface area (TPSA) is 47.6 Å². The molecule has 0 amide bonds. The zero-order valence-electron chi connectivity index (χ0n) is 10.5. The molecule has 0 radical (unpaired) electrons. The molecular weight excluding hydrogens is 194 g/mol. The summed E-state index contributed by atoms with van der Waals surface area (Å²) in [6.07, 6.45) is 0.0657. The Morgan fingerprint density at radius 2 is 1.67 bits per heavy atom. The minimum atomic E-state index is -0.275. The molecule has 0 aliphatic carbocycles. The summed E-state index contributed by atoms with van der Waals surface area (Å²) in [5.74, 6) is -0.0240. The maximum absolute atomic E-state index is 11.5. The third kappa shape index (κ3) is 4.62. The van der Waals surface area contributed by atoms with Crippen molar-refractivity contribution in [1.82, 2.24) is 5.32 Å². The standard InChI is InChI=1S/C11H23NO3/c1-7(2)10(11(13)15-6)12-8(3)9(4)14-5/h7-10,12H,1-6H3/t8?,9?,10-/m0/s1. The molecule has 1 N–H and O–H groups in total. The highest BCUT2D eigenvalue weighted by Gasteiger charge is 2.26. The van der Waals surface area contributed by atoms with Crippen molar-refractivity contribution in [3.05, 3.63) is 0 Å². The van der Waals surface area contributed by atoms with Crippen LogP contribution in [0.1, 0.15) is 27.7 Å². The van der Waals surface area contributed by atoms with Crippen molar-refractivity contribution in [3.8, 4) is 0 Å². The second kappa shape index (κ2) is 6.80. The van der Waals surface area contributed by atoms with Crippen molar-refractivity contribution in [2.75, 3.05) is 14.2 Å². The Morgan fingerprint density at radius 3 is 2.00 bits per heavy atom. The van der Waals surface area contributed by atoms with Crippen molar-refractivity contribution in [3.63, 3.8) is 0 Å². The minimum Gasteiger partial charge on any atom is -0.468 e. The van der Waals surface area contributed by atoms with Crippen LogP contribution in [0.4, 0.5) is 0 Å². The number of rotatable bonds is 6. The first kappa shape index (κ1) is 14.4. The van der Waals surface area contributed by atoms with Gasteiger partial charge in [-0.25, -0.2) is 0 Å². The van der Waals surface area contributed by atoms with Gasteiger partial charge in [0.15, 0.2) is 0 Å². The fourth-order valence-corrected chi connectivity index (χ4v) is 1.28. The largest absolute Gasteiger partial charge is 0.468 e. The van der Waals surface area contributed by atoms with Crippen molar-refractivity contribution in [2.45, 2.75) is 45.9 Å². The van der Waals surface area contributed by atoms with E-state index in [1.807, 2.05) is 27.7 Å². The zero-order valence-corrected chi connectivity index (χ0v) is 10.5. The molecule has 0 aliphatic heterocycles. The lowest BCUT2D eigenvalue weighted by molar-refractivity contribution is -0.144. The molecule has 4 heteroatoms. The van der Waals surface area contributed by atoms with Gasteiger partial charge >= 0.3 is 5.97 Å². The van der Waals surface area contributed by atoms with E-state index in [0.717, 1.165) is 0 Å². The summed E-state index contributed by atoms with van der Waals surface area (Å²) in [6, 6.07) is -0.163. The third-order valence-corrected chi connectivity index (χ3v) is 2.64. The van der Waals surface area contributed by atoms with Crippen LogP contribution in [0.5, 0.6) is 0 Å². The Kier molecular flexibility index (Phi) is 6.52. The lowest BCUT2D eigenvalue weighted by atomic mass is 10.0. The molecule has 0 spiro atoms. The summed E-state index contributed by atoms with van der Waals surface area (Å²) in [5.41, 5.74) is 0. The highest BCUT2D eigenvalue weighted by Crippen LogP contribution is 2.07. The van der Waals surface area contributed by atoms with E-state index in [4.69, 9.17) is 9.47 Å². The van der Waals surface area contributed by atoms with Gasteiger partial charge in [0.1, 0.15) is 6.04 Å². The summed E-state index contributed by atoms with van der Waals surface area (Å²) in [7, 11) is 3.06. The van der Waals surface area contributed by atoms with Crippen LogP contribution in [-0.2, 0) is 14.3 Å². The average Bonchev–Trinajstić information content (AvgIpc) is 2.22. The molecule has 15 heavy (non-hydrogen) atoms. The summed E-state index contributed by atoms with van der Waals surface area (Å²) in [4.78, 5) is 11.5. The summed E-state index contributed by atoms with van der Waals surface area (Å²) >= 11 is 0. The van der Waals surface area contributed by atoms with Crippen molar-refractivity contribution in [1.29, 1.82) is 0 Å². The average molecular weight is 217 g/mol. The van der Waals surface area contributed by atoms with Crippen molar-refractivity contribution >= 4 is 5.97 Å². The van der Waals surface area contributed by atoms with Crippen molar-refractivity contribution in [2.24, 2.45) is 5.92 Å². The molecule has 0 aliphatic rings. The molecule has 0 fully saturated rings. The number of nitrogens with one attached hydrogen (secondary N) is 1. The molecular formula is C11H23NO3. The van der Waals surface area contributed by atoms with E-state index in [0.29, 0.717) is 0 Å². The molecule has 0 saturated carbocycles. The molecule has 4 nitrogen and oxygen atoms in total. The SMILES string of the molecule is COC(=O)[C@@H](NC(C)C(C)OC)C(C)C. The van der Waals surface area contributed by atoms with Crippen molar-refractivity contribution < 1.29 is 14.3 Å². The number of ether oxygens (including phenoxy) is 2. The molecule has 2 unspecified atom stereocenters. The quantitative estimate of drug-likeness (QED) is 0.679. The van der Waals surface area contributed by atoms with Gasteiger partial charge in [0, 0.05) is 13.2 Å². The summed E-state index contributed by atoms with van der Waals surface area (Å²) in [6.45, 7) is 7.93. The van der Waals surface area contributed by atoms with Crippen LogP contribution < -0.4 is 5.32 Å². The Bertz CT molecular complexity index is 194. The van der Waals surface area contributed by atoms with Crippen LogP contribution in [0.2, 0.25) is 0 Å². The first-order valence-corrected chi connectivity index (χ1v) is 5.30. The van der Waals surface area contributed by atoms with E-state index in [9.17, 15) is 4.79 Å². The first-order chi connectivity index (χ1) is 6.93. The molecule has 0 aromatic carbocycles. The van der Waals surface area contributed by atoms with Gasteiger partial charge in [-0.2, -0.15) is 0 Å². The Hall–Kier alpha value is -0.610. The van der Waals surface area contributed by atoms with E-state index in [1.54, 1.807) is 7.11 Å². The first-order valence-electron chi connectivity index (χ1n) is 5.30. The van der Waals surface area contributed by atoms with Gasteiger partial charge in [-0.1, -0.05) is 13.8 Å². The summed E-state index contributed by atoms with van der Waals surface area (Å²) in [5, 5.41) is 3.22. The monoisotopic (exact) mass is 217 g/mol. The van der Waals surface area contributed by atoms with Gasteiger partial charge in [0.2, 0.25) is 0 Å². The maximum atomic E-state index is 11.5. The number of carbonyl (C=O) groups is 1. The highest BCUT2D eigenvalue weighted by atomic mass is 16.5. The molecule has 0 bridgehead atoms. The molecule has 0 rings (SSSR count). The fourth-order valence-electron chi connectivity index (χ4n) is 1.28. The van der Waals surface area contributed by atoms with E-state index >= 15 is 0 Å². The number of carbonyl (C=O) groups excluding carboxylic acids is 1. The molecule has 0 aromatic rings. The maximum Gasteiger partial charge on any atom is 0.323 e. The van der Waals surface area contributed by atoms with E-state index in [-0.39, 0.29) is 30.1 Å². The lowest BCUT2D eigenvalue weighted by Crippen LogP contribution is -2.49. The van der Waals surface area contributed by atoms with Crippen LogP contribution in [0.25, 0.3) is 0 Å². The lowest BCUT2D eigenvalue weighted by Gasteiger charge is -2.27. The second-order valence-electron chi connectivity index (χ2n) is 4.14. The Balaban J connectivity index is 4.35. The van der Waals surface area contributed by atoms with Crippen LogP contribution in [0.15, 0.2) is 0 Å². The zero-order chi connectivity index (χ0) is 12.0.